The van der Waals surface area contributed by atoms with Gasteiger partial charge in [-0.1, -0.05) is 24.3 Å². The van der Waals surface area contributed by atoms with Crippen LogP contribution in [0.25, 0.3) is 0 Å². The van der Waals surface area contributed by atoms with Crippen molar-refractivity contribution in [3.8, 4) is 0 Å². The van der Waals surface area contributed by atoms with Crippen molar-refractivity contribution in [1.82, 2.24) is 10.2 Å². The van der Waals surface area contributed by atoms with Crippen LogP contribution in [0.15, 0.2) is 48.5 Å². The molecule has 158 valence electrons. The van der Waals surface area contributed by atoms with Crippen molar-refractivity contribution in [2.24, 2.45) is 5.92 Å². The molecule has 3 aliphatic rings. The lowest BCUT2D eigenvalue weighted by Gasteiger charge is -2.44. The third kappa shape index (κ3) is 3.28. The first-order chi connectivity index (χ1) is 14.6. The number of amides is 1. The van der Waals surface area contributed by atoms with E-state index in [1.807, 2.05) is 18.2 Å². The van der Waals surface area contributed by atoms with Crippen LogP contribution in [0.4, 0.5) is 10.1 Å². The molecule has 1 aliphatic carbocycles. The molecule has 1 spiro atoms. The van der Waals surface area contributed by atoms with Gasteiger partial charge in [-0.15, -0.1) is 0 Å². The molecule has 5 rings (SSSR count). The van der Waals surface area contributed by atoms with Crippen LogP contribution in [0.1, 0.15) is 36.5 Å². The van der Waals surface area contributed by atoms with E-state index in [2.05, 4.69) is 27.2 Å². The Morgan fingerprint density at radius 3 is 2.67 bits per heavy atom. The van der Waals surface area contributed by atoms with Crippen molar-refractivity contribution in [3.63, 3.8) is 0 Å². The number of hydrogen-bond donors (Lipinski definition) is 2. The van der Waals surface area contributed by atoms with E-state index in [1.54, 1.807) is 12.1 Å². The maximum atomic E-state index is 13.5. The van der Waals surface area contributed by atoms with E-state index >= 15 is 0 Å². The van der Waals surface area contributed by atoms with Crippen LogP contribution in [0.5, 0.6) is 0 Å². The highest BCUT2D eigenvalue weighted by Crippen LogP contribution is 2.39. The smallest absolute Gasteiger partial charge is 0.247 e. The second kappa shape index (κ2) is 7.67. The number of carbonyl (C=O) groups is 1. The quantitative estimate of drug-likeness (QED) is 0.819. The van der Waals surface area contributed by atoms with E-state index in [-0.39, 0.29) is 17.6 Å². The third-order valence-corrected chi connectivity index (χ3v) is 7.24. The molecule has 2 fully saturated rings. The summed E-state index contributed by atoms with van der Waals surface area (Å²) in [5.41, 5.74) is 2.40. The highest BCUT2D eigenvalue weighted by molar-refractivity contribution is 5.93. The fourth-order valence-electron chi connectivity index (χ4n) is 5.49. The minimum atomic E-state index is -0.555. The van der Waals surface area contributed by atoms with Crippen LogP contribution >= 0.6 is 0 Å². The molecule has 1 amide bonds. The molecule has 30 heavy (non-hydrogen) atoms. The van der Waals surface area contributed by atoms with Crippen LogP contribution in [0, 0.1) is 11.7 Å². The number of rotatable bonds is 3. The van der Waals surface area contributed by atoms with Gasteiger partial charge in [0, 0.05) is 31.2 Å². The zero-order valence-corrected chi connectivity index (χ0v) is 17.1. The molecule has 5 nitrogen and oxygen atoms in total. The number of para-hydroxylation sites is 1. The predicted octanol–water partition coefficient (Wildman–Crippen LogP) is 2.85. The lowest BCUT2D eigenvalue weighted by atomic mass is 9.80. The van der Waals surface area contributed by atoms with Gasteiger partial charge in [0.05, 0.1) is 12.8 Å². The van der Waals surface area contributed by atoms with Crippen molar-refractivity contribution < 1.29 is 14.3 Å². The number of piperidine rings is 1. The van der Waals surface area contributed by atoms with E-state index < -0.39 is 11.6 Å². The molecule has 0 bridgehead atoms. The molecule has 6 heteroatoms. The number of carbonyl (C=O) groups excluding carboxylic acids is 1. The van der Waals surface area contributed by atoms with Gasteiger partial charge in [-0.05, 0) is 61.1 Å². The standard InChI is InChI=1S/C24H28FN3O2/c25-19-8-9-21-17(14-19)6-7-18(22(21)29)15-27-12-10-24(11-13-27)23(30)26-16-28(24)20-4-2-1-3-5-20/h1-5,8-9,14,18,22,29H,6-7,10-13,15-16H2,(H,26,30)/t18-,22-/m0/s1. The molecule has 2 N–H and O–H groups in total. The number of aliphatic hydroxyl groups is 1. The first-order valence-corrected chi connectivity index (χ1v) is 10.9. The van der Waals surface area contributed by atoms with Gasteiger partial charge in [-0.25, -0.2) is 4.39 Å². The molecule has 2 aromatic rings. The Morgan fingerprint density at radius 2 is 1.90 bits per heavy atom. The first-order valence-electron chi connectivity index (χ1n) is 10.9. The van der Waals surface area contributed by atoms with E-state index in [1.165, 1.54) is 6.07 Å². The predicted molar refractivity (Wildman–Crippen MR) is 114 cm³/mol. The summed E-state index contributed by atoms with van der Waals surface area (Å²) in [5, 5.41) is 13.9. The van der Waals surface area contributed by atoms with E-state index in [9.17, 15) is 14.3 Å². The Balaban J connectivity index is 1.26. The summed E-state index contributed by atoms with van der Waals surface area (Å²) < 4.78 is 13.5. The third-order valence-electron chi connectivity index (χ3n) is 7.24. The summed E-state index contributed by atoms with van der Waals surface area (Å²) in [4.78, 5) is 17.4. The Kier molecular flexibility index (Phi) is 4.99. The Hall–Kier alpha value is -2.44. The SMILES string of the molecule is O=C1NCN(c2ccccc2)C12CCN(C[C@@H]1CCc3cc(F)ccc3[C@H]1O)CC2. The van der Waals surface area contributed by atoms with E-state index in [0.717, 1.165) is 62.1 Å². The van der Waals surface area contributed by atoms with Crippen LogP contribution in [0.3, 0.4) is 0 Å². The molecule has 0 aromatic heterocycles. The molecule has 2 aliphatic heterocycles. The van der Waals surface area contributed by atoms with Crippen molar-refractivity contribution in [3.05, 3.63) is 65.5 Å². The lowest BCUT2D eigenvalue weighted by molar-refractivity contribution is -0.125. The summed E-state index contributed by atoms with van der Waals surface area (Å²) in [5.74, 6) is 0.0258. The number of anilines is 1. The summed E-state index contributed by atoms with van der Waals surface area (Å²) in [7, 11) is 0. The zero-order chi connectivity index (χ0) is 20.7. The molecule has 2 atom stereocenters. The van der Waals surface area contributed by atoms with Gasteiger partial charge in [-0.2, -0.15) is 0 Å². The second-order valence-electron chi connectivity index (χ2n) is 8.85. The Labute approximate surface area is 176 Å². The number of hydrogen-bond acceptors (Lipinski definition) is 4. The van der Waals surface area contributed by atoms with Crippen LogP contribution < -0.4 is 10.2 Å². The average molecular weight is 410 g/mol. The van der Waals surface area contributed by atoms with Crippen molar-refractivity contribution in [1.29, 1.82) is 0 Å². The van der Waals surface area contributed by atoms with Crippen molar-refractivity contribution in [2.45, 2.75) is 37.3 Å². The molecule has 2 aromatic carbocycles. The summed E-state index contributed by atoms with van der Waals surface area (Å²) >= 11 is 0. The van der Waals surface area contributed by atoms with E-state index in [0.29, 0.717) is 6.67 Å². The van der Waals surface area contributed by atoms with Crippen molar-refractivity contribution in [2.75, 3.05) is 31.2 Å². The summed E-state index contributed by atoms with van der Waals surface area (Å²) in [6, 6.07) is 14.9. The number of benzene rings is 2. The van der Waals surface area contributed by atoms with Crippen LogP contribution in [-0.4, -0.2) is 47.8 Å². The molecule has 0 saturated carbocycles. The first kappa shape index (κ1) is 19.5. The maximum Gasteiger partial charge on any atom is 0.247 e. The van der Waals surface area contributed by atoms with Gasteiger partial charge in [0.15, 0.2) is 0 Å². The second-order valence-corrected chi connectivity index (χ2v) is 8.85. The molecule has 2 heterocycles. The van der Waals surface area contributed by atoms with Crippen molar-refractivity contribution >= 4 is 11.6 Å². The summed E-state index contributed by atoms with van der Waals surface area (Å²) in [6.07, 6.45) is 2.66. The normalized spacial score (nSPS) is 25.9. The van der Waals surface area contributed by atoms with Gasteiger partial charge >= 0.3 is 0 Å². The average Bonchev–Trinajstić information content (AvgIpc) is 3.08. The summed E-state index contributed by atoms with van der Waals surface area (Å²) in [6.45, 7) is 3.02. The van der Waals surface area contributed by atoms with Gasteiger partial charge in [0.25, 0.3) is 0 Å². The lowest BCUT2D eigenvalue weighted by Crippen LogP contribution is -2.57. The number of fused-ring (bicyclic) bond motifs is 1. The topological polar surface area (TPSA) is 55.8 Å². The number of nitrogens with zero attached hydrogens (tertiary/aromatic N) is 2. The Morgan fingerprint density at radius 1 is 1.13 bits per heavy atom. The minimum absolute atomic E-state index is 0.125. The van der Waals surface area contributed by atoms with Gasteiger partial charge in [0.2, 0.25) is 5.91 Å². The highest BCUT2D eigenvalue weighted by Gasteiger charge is 2.50. The molecule has 2 saturated heterocycles. The van der Waals surface area contributed by atoms with Gasteiger partial charge in [0.1, 0.15) is 11.4 Å². The number of aliphatic hydroxyl groups excluding tert-OH is 1. The number of halogens is 1. The van der Waals surface area contributed by atoms with Crippen LogP contribution in [-0.2, 0) is 11.2 Å². The molecule has 0 unspecified atom stereocenters. The molecule has 0 radical (unpaired) electrons. The maximum absolute atomic E-state index is 13.5. The molecular weight excluding hydrogens is 381 g/mol. The largest absolute Gasteiger partial charge is 0.388 e. The molecular formula is C24H28FN3O2. The highest BCUT2D eigenvalue weighted by atomic mass is 19.1. The van der Waals surface area contributed by atoms with E-state index in [4.69, 9.17) is 0 Å². The Bertz CT molecular complexity index is 927. The number of nitrogens with one attached hydrogen (secondary N) is 1. The van der Waals surface area contributed by atoms with Crippen LogP contribution in [0.2, 0.25) is 0 Å². The fraction of sp³-hybridized carbons (Fsp3) is 0.458. The van der Waals surface area contributed by atoms with Gasteiger partial charge in [-0.3, -0.25) is 4.79 Å². The van der Waals surface area contributed by atoms with Gasteiger partial charge < -0.3 is 20.2 Å². The zero-order valence-electron chi connectivity index (χ0n) is 17.1. The number of aryl methyl sites for hydroxylation is 1. The minimum Gasteiger partial charge on any atom is -0.388 e. The monoisotopic (exact) mass is 409 g/mol. The fourth-order valence-corrected chi connectivity index (χ4v) is 5.49. The number of likely N-dealkylation sites (tertiary alicyclic amines) is 1.